The van der Waals surface area contributed by atoms with E-state index < -0.39 is 0 Å². The first-order valence-corrected chi connectivity index (χ1v) is 7.78. The van der Waals surface area contributed by atoms with Crippen molar-refractivity contribution >= 4 is 51.5 Å². The van der Waals surface area contributed by atoms with Crippen molar-refractivity contribution in [2.45, 2.75) is 6.92 Å². The quantitative estimate of drug-likeness (QED) is 0.664. The Morgan fingerprint density at radius 1 is 0.864 bits per heavy atom. The van der Waals surface area contributed by atoms with Crippen molar-refractivity contribution in [2.24, 2.45) is 0 Å². The van der Waals surface area contributed by atoms with Gasteiger partial charge in [0.25, 0.3) is 0 Å². The number of carbonyl (C=O) groups is 2. The molecule has 2 rings (SSSR count). The molecule has 22 heavy (non-hydrogen) atoms. The maximum Gasteiger partial charge on any atom is 0.243 e. The van der Waals surface area contributed by atoms with Gasteiger partial charge in [-0.25, -0.2) is 0 Å². The second-order valence-corrected chi connectivity index (χ2v) is 5.91. The lowest BCUT2D eigenvalue weighted by molar-refractivity contribution is -0.115. The van der Waals surface area contributed by atoms with E-state index in [9.17, 15) is 9.59 Å². The van der Waals surface area contributed by atoms with Gasteiger partial charge in [-0.1, -0.05) is 0 Å². The first-order valence-electron chi connectivity index (χ1n) is 6.70. The van der Waals surface area contributed by atoms with Crippen molar-refractivity contribution in [1.29, 1.82) is 0 Å². The monoisotopic (exact) mass is 409 g/mol. The molecule has 0 saturated carbocycles. The molecule has 0 fully saturated rings. The third kappa shape index (κ3) is 5.36. The van der Waals surface area contributed by atoms with E-state index in [2.05, 4.69) is 38.5 Å². The smallest absolute Gasteiger partial charge is 0.243 e. The summed E-state index contributed by atoms with van der Waals surface area (Å²) in [6.45, 7) is 1.64. The van der Waals surface area contributed by atoms with Gasteiger partial charge in [-0.15, -0.1) is 0 Å². The zero-order chi connectivity index (χ0) is 15.9. The highest BCUT2D eigenvalue weighted by atomic mass is 127. The highest BCUT2D eigenvalue weighted by Gasteiger charge is 2.03. The van der Waals surface area contributed by atoms with Gasteiger partial charge in [-0.05, 0) is 71.1 Å². The van der Waals surface area contributed by atoms with E-state index in [-0.39, 0.29) is 18.4 Å². The van der Waals surface area contributed by atoms with Gasteiger partial charge in [-0.2, -0.15) is 0 Å². The van der Waals surface area contributed by atoms with Crippen molar-refractivity contribution in [3.05, 3.63) is 52.1 Å². The summed E-state index contributed by atoms with van der Waals surface area (Å²) >= 11 is 2.23. The predicted octanol–water partition coefficient (Wildman–Crippen LogP) is 3.30. The summed E-state index contributed by atoms with van der Waals surface area (Å²) < 4.78 is 1.15. The number of rotatable bonds is 5. The van der Waals surface area contributed by atoms with Gasteiger partial charge in [0.2, 0.25) is 11.8 Å². The second kappa shape index (κ2) is 7.79. The Labute approximate surface area is 142 Å². The molecule has 0 aliphatic carbocycles. The Bertz CT molecular complexity index is 654. The normalized spacial score (nSPS) is 9.91. The zero-order valence-electron chi connectivity index (χ0n) is 12.0. The number of hydrogen-bond acceptors (Lipinski definition) is 3. The number of halogens is 1. The average molecular weight is 409 g/mol. The molecule has 0 heterocycles. The van der Waals surface area contributed by atoms with Crippen LogP contribution in [0.1, 0.15) is 6.92 Å². The summed E-state index contributed by atoms with van der Waals surface area (Å²) in [5.41, 5.74) is 2.28. The van der Waals surface area contributed by atoms with E-state index in [0.29, 0.717) is 11.4 Å². The van der Waals surface area contributed by atoms with Crippen LogP contribution in [0.25, 0.3) is 0 Å². The van der Waals surface area contributed by atoms with Crippen molar-refractivity contribution in [3.63, 3.8) is 0 Å². The van der Waals surface area contributed by atoms with Crippen molar-refractivity contribution in [3.8, 4) is 0 Å². The Kier molecular flexibility index (Phi) is 5.76. The number of nitrogens with one attached hydrogen (secondary N) is 3. The number of benzene rings is 2. The predicted molar refractivity (Wildman–Crippen MR) is 97.0 cm³/mol. The summed E-state index contributed by atoms with van der Waals surface area (Å²) in [4.78, 5) is 22.8. The standard InChI is InChI=1S/C16H16IN3O2/c1-11(21)19-14-6-8-15(9-7-14)20-16(22)10-18-13-4-2-12(17)3-5-13/h2-9,18H,10H2,1H3,(H,19,21)(H,20,22). The van der Waals surface area contributed by atoms with Crippen molar-refractivity contribution in [1.82, 2.24) is 0 Å². The summed E-state index contributed by atoms with van der Waals surface area (Å²) in [5, 5.41) is 8.52. The van der Waals surface area contributed by atoms with Crippen LogP contribution < -0.4 is 16.0 Å². The maximum atomic E-state index is 11.9. The number of amides is 2. The Hall–Kier alpha value is -2.09. The Morgan fingerprint density at radius 2 is 1.36 bits per heavy atom. The third-order valence-electron chi connectivity index (χ3n) is 2.79. The molecular weight excluding hydrogens is 393 g/mol. The van der Waals surface area contributed by atoms with Gasteiger partial charge in [0, 0.05) is 27.6 Å². The van der Waals surface area contributed by atoms with Crippen molar-refractivity contribution in [2.75, 3.05) is 22.5 Å². The minimum absolute atomic E-state index is 0.126. The molecule has 2 aromatic rings. The topological polar surface area (TPSA) is 70.2 Å². The molecular formula is C16H16IN3O2. The molecule has 2 amide bonds. The van der Waals surface area contributed by atoms with Crippen LogP contribution in [0.2, 0.25) is 0 Å². The SMILES string of the molecule is CC(=O)Nc1ccc(NC(=O)CNc2ccc(I)cc2)cc1. The minimum atomic E-state index is -0.133. The first kappa shape index (κ1) is 16.3. The van der Waals surface area contributed by atoms with E-state index in [0.717, 1.165) is 9.26 Å². The van der Waals surface area contributed by atoms with E-state index >= 15 is 0 Å². The second-order valence-electron chi connectivity index (χ2n) is 4.67. The van der Waals surface area contributed by atoms with Gasteiger partial charge in [0.15, 0.2) is 0 Å². The van der Waals surface area contributed by atoms with Crippen LogP contribution in [0, 0.1) is 3.57 Å². The van der Waals surface area contributed by atoms with Gasteiger partial charge in [-0.3, -0.25) is 9.59 Å². The van der Waals surface area contributed by atoms with Crippen LogP contribution in [0.15, 0.2) is 48.5 Å². The fourth-order valence-electron chi connectivity index (χ4n) is 1.80. The van der Waals surface area contributed by atoms with Crippen LogP contribution in [0.3, 0.4) is 0 Å². The Balaban J connectivity index is 1.83. The lowest BCUT2D eigenvalue weighted by Crippen LogP contribution is -2.21. The average Bonchev–Trinajstić information content (AvgIpc) is 2.48. The van der Waals surface area contributed by atoms with Gasteiger partial charge in [0.1, 0.15) is 0 Å². The zero-order valence-corrected chi connectivity index (χ0v) is 14.2. The van der Waals surface area contributed by atoms with Crippen LogP contribution in [0.4, 0.5) is 17.1 Å². The molecule has 0 spiro atoms. The molecule has 0 aliphatic heterocycles. The summed E-state index contributed by atoms with van der Waals surface area (Å²) in [6.07, 6.45) is 0. The molecule has 0 atom stereocenters. The summed E-state index contributed by atoms with van der Waals surface area (Å²) in [6, 6.07) is 14.8. The summed E-state index contributed by atoms with van der Waals surface area (Å²) in [7, 11) is 0. The highest BCUT2D eigenvalue weighted by Crippen LogP contribution is 2.14. The van der Waals surface area contributed by atoms with E-state index in [1.165, 1.54) is 6.92 Å². The fourth-order valence-corrected chi connectivity index (χ4v) is 2.16. The number of hydrogen-bond donors (Lipinski definition) is 3. The van der Waals surface area contributed by atoms with E-state index in [1.807, 2.05) is 24.3 Å². The first-order chi connectivity index (χ1) is 10.5. The van der Waals surface area contributed by atoms with Crippen LogP contribution >= 0.6 is 22.6 Å². The number of carbonyl (C=O) groups excluding carboxylic acids is 2. The molecule has 0 bridgehead atoms. The van der Waals surface area contributed by atoms with Gasteiger partial charge >= 0.3 is 0 Å². The molecule has 114 valence electrons. The number of anilines is 3. The molecule has 0 radical (unpaired) electrons. The van der Waals surface area contributed by atoms with Gasteiger partial charge in [0.05, 0.1) is 6.54 Å². The third-order valence-corrected chi connectivity index (χ3v) is 3.51. The molecule has 0 saturated heterocycles. The summed E-state index contributed by atoms with van der Waals surface area (Å²) in [5.74, 6) is -0.260. The largest absolute Gasteiger partial charge is 0.376 e. The molecule has 0 aliphatic rings. The molecule has 0 aromatic heterocycles. The molecule has 0 unspecified atom stereocenters. The lowest BCUT2D eigenvalue weighted by atomic mass is 10.2. The van der Waals surface area contributed by atoms with Crippen LogP contribution in [0.5, 0.6) is 0 Å². The molecule has 6 heteroatoms. The highest BCUT2D eigenvalue weighted by molar-refractivity contribution is 14.1. The minimum Gasteiger partial charge on any atom is -0.376 e. The molecule has 5 nitrogen and oxygen atoms in total. The Morgan fingerprint density at radius 3 is 1.91 bits per heavy atom. The maximum absolute atomic E-state index is 11.9. The van der Waals surface area contributed by atoms with Crippen molar-refractivity contribution < 1.29 is 9.59 Å². The molecule has 3 N–H and O–H groups in total. The van der Waals surface area contributed by atoms with E-state index in [1.54, 1.807) is 24.3 Å². The molecule has 2 aromatic carbocycles. The fraction of sp³-hybridized carbons (Fsp3) is 0.125. The van der Waals surface area contributed by atoms with E-state index in [4.69, 9.17) is 0 Å². The van der Waals surface area contributed by atoms with Crippen LogP contribution in [-0.2, 0) is 9.59 Å². The lowest BCUT2D eigenvalue weighted by Gasteiger charge is -2.09. The van der Waals surface area contributed by atoms with Crippen LogP contribution in [-0.4, -0.2) is 18.4 Å². The van der Waals surface area contributed by atoms with Gasteiger partial charge < -0.3 is 16.0 Å².